The van der Waals surface area contributed by atoms with Crippen molar-refractivity contribution in [2.75, 3.05) is 0 Å². The molecule has 0 radical (unpaired) electrons. The van der Waals surface area contributed by atoms with Crippen molar-refractivity contribution in [3.8, 4) is 0 Å². The first-order chi connectivity index (χ1) is 8.79. The molecule has 1 N–H and O–H groups in total. The van der Waals surface area contributed by atoms with Gasteiger partial charge in [-0.15, -0.1) is 0 Å². The number of rotatable bonds is 1. The average Bonchev–Trinajstić information content (AvgIpc) is 2.73. The molecule has 4 nitrogen and oxygen atoms in total. The number of hydrogen-bond donors (Lipinski definition) is 1. The molecule has 1 aliphatic carbocycles. The van der Waals surface area contributed by atoms with Gasteiger partial charge in [-0.1, -0.05) is 20.3 Å². The monoisotopic (exact) mass is 234 g/mol. The van der Waals surface area contributed by atoms with Gasteiger partial charge in [-0.2, -0.15) is 0 Å². The molecule has 1 saturated carbocycles. The highest BCUT2D eigenvalue weighted by Crippen LogP contribution is 2.34. The van der Waals surface area contributed by atoms with Crippen molar-refractivity contribution >= 4 is 11.0 Å². The van der Waals surface area contributed by atoms with E-state index in [0.717, 1.165) is 18.7 Å². The zero-order chi connectivity index (χ0) is 13.1. The van der Waals surface area contributed by atoms with Crippen molar-refractivity contribution in [1.82, 2.24) is 14.5 Å². The van der Waals surface area contributed by atoms with Crippen molar-refractivity contribution in [2.24, 2.45) is 7.02 Å². The SMILES string of the molecule is CC.[2H]Cn1ccc2c(=O)[nH]c(C3CCC3)nc21. The summed E-state index contributed by atoms with van der Waals surface area (Å²) in [7, 11) is 0.101. The Hall–Kier alpha value is -1.58. The zero-order valence-electron chi connectivity index (χ0n) is 11.4. The van der Waals surface area contributed by atoms with Gasteiger partial charge in [-0.3, -0.25) is 4.79 Å². The van der Waals surface area contributed by atoms with Crippen LogP contribution in [0.3, 0.4) is 0 Å². The van der Waals surface area contributed by atoms with Crippen molar-refractivity contribution in [3.05, 3.63) is 28.4 Å². The summed E-state index contributed by atoms with van der Waals surface area (Å²) >= 11 is 0. The van der Waals surface area contributed by atoms with Crippen LogP contribution in [0.25, 0.3) is 11.0 Å². The normalized spacial score (nSPS) is 16.0. The molecule has 0 amide bonds. The fourth-order valence-electron chi connectivity index (χ4n) is 1.97. The summed E-state index contributed by atoms with van der Waals surface area (Å²) in [4.78, 5) is 19.1. The molecule has 0 unspecified atom stereocenters. The molecule has 1 fully saturated rings. The van der Waals surface area contributed by atoms with Crippen molar-refractivity contribution < 1.29 is 1.37 Å². The highest BCUT2D eigenvalue weighted by Gasteiger charge is 2.22. The predicted octanol–water partition coefficient (Wildman–Crippen LogP) is 2.56. The van der Waals surface area contributed by atoms with E-state index < -0.39 is 0 Å². The Labute approximate surface area is 102 Å². The lowest BCUT2D eigenvalue weighted by Gasteiger charge is -2.23. The van der Waals surface area contributed by atoms with E-state index in [1.165, 1.54) is 6.42 Å². The van der Waals surface area contributed by atoms with Crippen molar-refractivity contribution in [1.29, 1.82) is 0 Å². The molecule has 0 aromatic carbocycles. The van der Waals surface area contributed by atoms with E-state index in [1.807, 2.05) is 13.8 Å². The van der Waals surface area contributed by atoms with Crippen LogP contribution in [-0.4, -0.2) is 14.5 Å². The van der Waals surface area contributed by atoms with E-state index >= 15 is 0 Å². The summed E-state index contributed by atoms with van der Waals surface area (Å²) in [5, 5.41) is 0.579. The quantitative estimate of drug-likeness (QED) is 0.824. The molecule has 4 heteroatoms. The largest absolute Gasteiger partial charge is 0.335 e. The minimum Gasteiger partial charge on any atom is -0.335 e. The highest BCUT2D eigenvalue weighted by molar-refractivity contribution is 5.74. The second-order valence-electron chi connectivity index (χ2n) is 4.10. The third-order valence-electron chi connectivity index (χ3n) is 3.14. The van der Waals surface area contributed by atoms with Crippen LogP contribution in [0.5, 0.6) is 0 Å². The summed E-state index contributed by atoms with van der Waals surface area (Å²) in [5.74, 6) is 1.20. The molecule has 0 saturated heterocycles. The maximum Gasteiger partial charge on any atom is 0.260 e. The Kier molecular flexibility index (Phi) is 2.94. The van der Waals surface area contributed by atoms with Crippen LogP contribution in [0.2, 0.25) is 0 Å². The molecule has 0 spiro atoms. The molecule has 92 valence electrons. The van der Waals surface area contributed by atoms with E-state index in [-0.39, 0.29) is 12.6 Å². The number of H-pyrrole nitrogens is 1. The molecule has 0 aliphatic heterocycles. The number of fused-ring (bicyclic) bond motifs is 1. The van der Waals surface area contributed by atoms with Crippen LogP contribution in [0.4, 0.5) is 0 Å². The van der Waals surface area contributed by atoms with Crippen molar-refractivity contribution in [2.45, 2.75) is 39.0 Å². The number of aromatic nitrogens is 3. The predicted molar refractivity (Wildman–Crippen MR) is 69.3 cm³/mol. The second-order valence-corrected chi connectivity index (χ2v) is 4.10. The third kappa shape index (κ3) is 1.99. The fourth-order valence-corrected chi connectivity index (χ4v) is 1.97. The van der Waals surface area contributed by atoms with E-state index in [4.69, 9.17) is 1.37 Å². The van der Waals surface area contributed by atoms with Crippen molar-refractivity contribution in [3.63, 3.8) is 0 Å². The molecular formula is C13H19N3O. The maximum absolute atomic E-state index is 11.8. The minimum absolute atomic E-state index is 0.0842. The highest BCUT2D eigenvalue weighted by atomic mass is 16.1. The van der Waals surface area contributed by atoms with Gasteiger partial charge in [0.05, 0.1) is 5.39 Å². The summed E-state index contributed by atoms with van der Waals surface area (Å²) in [6, 6.07) is 1.72. The van der Waals surface area contributed by atoms with Crippen LogP contribution in [0, 0.1) is 0 Å². The summed E-state index contributed by atoms with van der Waals surface area (Å²) < 4.78 is 9.05. The average molecular weight is 234 g/mol. The summed E-state index contributed by atoms with van der Waals surface area (Å²) in [6.07, 6.45) is 5.17. The molecule has 3 rings (SSSR count). The van der Waals surface area contributed by atoms with Crippen LogP contribution in [0.1, 0.15) is 46.2 Å². The Morgan fingerprint density at radius 2 is 2.29 bits per heavy atom. The van der Waals surface area contributed by atoms with E-state index in [2.05, 4.69) is 9.97 Å². The first-order valence-electron chi connectivity index (χ1n) is 6.88. The lowest BCUT2D eigenvalue weighted by atomic mass is 9.85. The number of nitrogens with zero attached hydrogens (tertiary/aromatic N) is 2. The van der Waals surface area contributed by atoms with Gasteiger partial charge in [-0.25, -0.2) is 4.98 Å². The van der Waals surface area contributed by atoms with Crippen LogP contribution in [0.15, 0.2) is 17.1 Å². The third-order valence-corrected chi connectivity index (χ3v) is 3.14. The molecule has 2 heterocycles. The first-order valence-corrected chi connectivity index (χ1v) is 6.18. The van der Waals surface area contributed by atoms with E-state index in [0.29, 0.717) is 17.0 Å². The lowest BCUT2D eigenvalue weighted by molar-refractivity contribution is 0.401. The number of hydrogen-bond acceptors (Lipinski definition) is 2. The van der Waals surface area contributed by atoms with E-state index in [1.54, 1.807) is 16.8 Å². The van der Waals surface area contributed by atoms with Gasteiger partial charge in [0.15, 0.2) is 0 Å². The standard InChI is InChI=1S/C11H13N3O.C2H6/c1-14-6-5-8-10(14)12-9(13-11(8)15)7-3-2-4-7;1-2/h5-7H,2-4H2,1H3,(H,12,13,15);1-2H3/i1D;. The second kappa shape index (κ2) is 4.73. The molecular weight excluding hydrogens is 214 g/mol. The van der Waals surface area contributed by atoms with Crippen LogP contribution < -0.4 is 5.56 Å². The van der Waals surface area contributed by atoms with Gasteiger partial charge >= 0.3 is 0 Å². The van der Waals surface area contributed by atoms with Gasteiger partial charge in [-0.05, 0) is 18.9 Å². The Morgan fingerprint density at radius 3 is 2.88 bits per heavy atom. The molecule has 2 aromatic rings. The smallest absolute Gasteiger partial charge is 0.260 e. The van der Waals surface area contributed by atoms with Gasteiger partial charge in [0.2, 0.25) is 0 Å². The molecule has 0 atom stereocenters. The number of nitrogens with one attached hydrogen (secondary N) is 1. The Bertz CT molecular complexity index is 583. The number of aromatic amines is 1. The van der Waals surface area contributed by atoms with Gasteiger partial charge in [0, 0.05) is 20.5 Å². The lowest BCUT2D eigenvalue weighted by Crippen LogP contribution is -2.19. The van der Waals surface area contributed by atoms with Crippen LogP contribution in [-0.2, 0) is 7.02 Å². The molecule has 2 aromatic heterocycles. The number of aryl methyl sites for hydroxylation is 1. The Morgan fingerprint density at radius 1 is 1.53 bits per heavy atom. The van der Waals surface area contributed by atoms with Crippen LogP contribution >= 0.6 is 0 Å². The van der Waals surface area contributed by atoms with E-state index in [9.17, 15) is 4.79 Å². The van der Waals surface area contributed by atoms with Gasteiger partial charge in [0.1, 0.15) is 11.5 Å². The molecule has 0 bridgehead atoms. The molecule has 1 aliphatic rings. The summed E-state index contributed by atoms with van der Waals surface area (Å²) in [5.41, 5.74) is 0.555. The maximum atomic E-state index is 11.8. The first kappa shape index (κ1) is 10.6. The summed E-state index contributed by atoms with van der Waals surface area (Å²) in [6.45, 7) is 4.00. The van der Waals surface area contributed by atoms with Gasteiger partial charge in [0.25, 0.3) is 5.56 Å². The zero-order valence-corrected chi connectivity index (χ0v) is 10.4. The topological polar surface area (TPSA) is 50.7 Å². The Balaban J connectivity index is 0.000000574. The minimum atomic E-state index is -0.0842. The fraction of sp³-hybridized carbons (Fsp3) is 0.538. The molecule has 17 heavy (non-hydrogen) atoms. The van der Waals surface area contributed by atoms with Gasteiger partial charge < -0.3 is 9.55 Å².